The zero-order valence-corrected chi connectivity index (χ0v) is 17.5. The molecule has 0 aromatic heterocycles. The molecular formula is C23H28N2O4. The van der Waals surface area contributed by atoms with Gasteiger partial charge in [-0.05, 0) is 57.9 Å². The third kappa shape index (κ3) is 6.45. The van der Waals surface area contributed by atoms with E-state index in [4.69, 9.17) is 4.74 Å². The van der Waals surface area contributed by atoms with Gasteiger partial charge in [-0.3, -0.25) is 14.4 Å². The molecular weight excluding hydrogens is 368 g/mol. The first-order valence-electron chi connectivity index (χ1n) is 9.61. The maximum Gasteiger partial charge on any atom is 0.308 e. The van der Waals surface area contributed by atoms with Crippen LogP contribution in [0.1, 0.15) is 47.3 Å². The molecule has 2 rings (SSSR count). The van der Waals surface area contributed by atoms with E-state index in [1.807, 2.05) is 39.0 Å². The van der Waals surface area contributed by atoms with Crippen LogP contribution in [0.4, 0.5) is 5.69 Å². The lowest BCUT2D eigenvalue weighted by Crippen LogP contribution is -2.36. The number of aryl methyl sites for hydroxylation is 3. The molecule has 154 valence electrons. The fourth-order valence-electron chi connectivity index (χ4n) is 3.10. The SMILES string of the molecule is Cc1cc(C)c(NC(=O)C(C)OC(=O)CC(C)NC(=O)c2ccccc2)c(C)c1. The molecule has 0 aliphatic heterocycles. The van der Waals surface area contributed by atoms with Crippen molar-refractivity contribution in [3.63, 3.8) is 0 Å². The summed E-state index contributed by atoms with van der Waals surface area (Å²) in [6.07, 6.45) is -0.974. The van der Waals surface area contributed by atoms with Crippen LogP contribution in [-0.2, 0) is 14.3 Å². The van der Waals surface area contributed by atoms with E-state index in [9.17, 15) is 14.4 Å². The highest BCUT2D eigenvalue weighted by Crippen LogP contribution is 2.22. The molecule has 2 aromatic carbocycles. The molecule has 29 heavy (non-hydrogen) atoms. The number of rotatable bonds is 7. The monoisotopic (exact) mass is 396 g/mol. The van der Waals surface area contributed by atoms with E-state index in [-0.39, 0.29) is 12.3 Å². The number of carbonyl (C=O) groups is 3. The van der Waals surface area contributed by atoms with Gasteiger partial charge in [-0.25, -0.2) is 0 Å². The maximum absolute atomic E-state index is 12.4. The number of nitrogens with one attached hydrogen (secondary N) is 2. The van der Waals surface area contributed by atoms with Crippen LogP contribution in [0.25, 0.3) is 0 Å². The number of hydrogen-bond donors (Lipinski definition) is 2. The van der Waals surface area contributed by atoms with Crippen molar-refractivity contribution in [2.24, 2.45) is 0 Å². The Labute approximate surface area is 171 Å². The first-order valence-corrected chi connectivity index (χ1v) is 9.61. The summed E-state index contributed by atoms with van der Waals surface area (Å²) < 4.78 is 5.24. The number of esters is 1. The lowest BCUT2D eigenvalue weighted by atomic mass is 10.0. The molecule has 0 saturated heterocycles. The van der Waals surface area contributed by atoms with Gasteiger partial charge in [0.25, 0.3) is 11.8 Å². The molecule has 0 spiro atoms. The number of anilines is 1. The third-order valence-electron chi connectivity index (χ3n) is 4.49. The van der Waals surface area contributed by atoms with Gasteiger partial charge in [-0.1, -0.05) is 35.9 Å². The Bertz CT molecular complexity index is 870. The molecule has 2 N–H and O–H groups in total. The van der Waals surface area contributed by atoms with E-state index in [1.54, 1.807) is 31.2 Å². The predicted octanol–water partition coefficient (Wildman–Crippen LogP) is 3.69. The Hall–Kier alpha value is -3.15. The van der Waals surface area contributed by atoms with Gasteiger partial charge in [-0.2, -0.15) is 0 Å². The van der Waals surface area contributed by atoms with E-state index in [0.29, 0.717) is 5.56 Å². The highest BCUT2D eigenvalue weighted by Gasteiger charge is 2.21. The minimum absolute atomic E-state index is 0.0290. The van der Waals surface area contributed by atoms with Crippen molar-refractivity contribution >= 4 is 23.5 Å². The van der Waals surface area contributed by atoms with Gasteiger partial charge < -0.3 is 15.4 Å². The Kier molecular flexibility index (Phi) is 7.53. The molecule has 2 aromatic rings. The number of amides is 2. The standard InChI is InChI=1S/C23H28N2O4/c1-14-11-15(2)21(16(3)12-14)25-22(27)18(5)29-20(26)13-17(4)24-23(28)19-9-7-6-8-10-19/h6-12,17-18H,13H2,1-5H3,(H,24,28)(H,25,27). The van der Waals surface area contributed by atoms with Gasteiger partial charge in [-0.15, -0.1) is 0 Å². The van der Waals surface area contributed by atoms with Crippen LogP contribution in [0.3, 0.4) is 0 Å². The normalized spacial score (nSPS) is 12.6. The Balaban J connectivity index is 1.86. The van der Waals surface area contributed by atoms with Crippen LogP contribution in [0, 0.1) is 20.8 Å². The van der Waals surface area contributed by atoms with Crippen molar-refractivity contribution in [3.8, 4) is 0 Å². The summed E-state index contributed by atoms with van der Waals surface area (Å²) in [5.41, 5.74) is 4.26. The molecule has 6 nitrogen and oxygen atoms in total. The number of carbonyl (C=O) groups excluding carboxylic acids is 3. The van der Waals surface area contributed by atoms with E-state index < -0.39 is 24.0 Å². The quantitative estimate of drug-likeness (QED) is 0.699. The molecule has 0 fully saturated rings. The molecule has 2 atom stereocenters. The van der Waals surface area contributed by atoms with Crippen molar-refractivity contribution in [3.05, 3.63) is 64.7 Å². The van der Waals surface area contributed by atoms with E-state index in [1.165, 1.54) is 6.92 Å². The number of ether oxygens (including phenoxy) is 1. The summed E-state index contributed by atoms with van der Waals surface area (Å²) in [6.45, 7) is 9.08. The van der Waals surface area contributed by atoms with E-state index in [0.717, 1.165) is 22.4 Å². The fourth-order valence-corrected chi connectivity index (χ4v) is 3.10. The van der Waals surface area contributed by atoms with Crippen LogP contribution in [0.5, 0.6) is 0 Å². The lowest BCUT2D eigenvalue weighted by molar-refractivity contribution is -0.153. The summed E-state index contributed by atoms with van der Waals surface area (Å²) in [4.78, 5) is 36.7. The van der Waals surface area contributed by atoms with Gasteiger partial charge in [0.15, 0.2) is 6.10 Å². The minimum Gasteiger partial charge on any atom is -0.452 e. The average Bonchev–Trinajstić information content (AvgIpc) is 2.64. The van der Waals surface area contributed by atoms with Gasteiger partial charge in [0, 0.05) is 17.3 Å². The maximum atomic E-state index is 12.4. The summed E-state index contributed by atoms with van der Waals surface area (Å²) in [5, 5.41) is 5.58. The Morgan fingerprint density at radius 1 is 0.966 bits per heavy atom. The first-order chi connectivity index (χ1) is 13.7. The second-order valence-corrected chi connectivity index (χ2v) is 7.34. The Morgan fingerprint density at radius 2 is 1.55 bits per heavy atom. The minimum atomic E-state index is -0.945. The van der Waals surface area contributed by atoms with Crippen LogP contribution in [0.15, 0.2) is 42.5 Å². The second kappa shape index (κ2) is 9.87. The van der Waals surface area contributed by atoms with Gasteiger partial charge in [0.05, 0.1) is 6.42 Å². The molecule has 0 aliphatic carbocycles. The molecule has 2 unspecified atom stereocenters. The molecule has 2 amide bonds. The second-order valence-electron chi connectivity index (χ2n) is 7.34. The van der Waals surface area contributed by atoms with Crippen molar-refractivity contribution in [2.75, 3.05) is 5.32 Å². The van der Waals surface area contributed by atoms with Crippen molar-refractivity contribution in [1.82, 2.24) is 5.32 Å². The third-order valence-corrected chi connectivity index (χ3v) is 4.49. The molecule has 0 bridgehead atoms. The zero-order chi connectivity index (χ0) is 21.6. The smallest absolute Gasteiger partial charge is 0.308 e. The van der Waals surface area contributed by atoms with Crippen LogP contribution in [0.2, 0.25) is 0 Å². The lowest BCUT2D eigenvalue weighted by Gasteiger charge is -2.18. The fraction of sp³-hybridized carbons (Fsp3) is 0.348. The van der Waals surface area contributed by atoms with Gasteiger partial charge in [0.1, 0.15) is 0 Å². The van der Waals surface area contributed by atoms with E-state index in [2.05, 4.69) is 10.6 Å². The predicted molar refractivity (Wildman–Crippen MR) is 113 cm³/mol. The van der Waals surface area contributed by atoms with Crippen LogP contribution < -0.4 is 10.6 Å². The average molecular weight is 396 g/mol. The number of benzene rings is 2. The van der Waals surface area contributed by atoms with Crippen LogP contribution in [-0.4, -0.2) is 29.9 Å². The van der Waals surface area contributed by atoms with Crippen molar-refractivity contribution in [2.45, 2.75) is 53.2 Å². The van der Waals surface area contributed by atoms with Crippen molar-refractivity contribution < 1.29 is 19.1 Å². The topological polar surface area (TPSA) is 84.5 Å². The van der Waals surface area contributed by atoms with Gasteiger partial charge >= 0.3 is 5.97 Å². The van der Waals surface area contributed by atoms with Crippen LogP contribution >= 0.6 is 0 Å². The Morgan fingerprint density at radius 3 is 2.14 bits per heavy atom. The highest BCUT2D eigenvalue weighted by molar-refractivity contribution is 5.96. The molecule has 6 heteroatoms. The molecule has 0 radical (unpaired) electrons. The summed E-state index contributed by atoms with van der Waals surface area (Å²) in [5.74, 6) is -1.21. The largest absolute Gasteiger partial charge is 0.452 e. The summed E-state index contributed by atoms with van der Waals surface area (Å²) >= 11 is 0. The van der Waals surface area contributed by atoms with Gasteiger partial charge in [0.2, 0.25) is 0 Å². The van der Waals surface area contributed by atoms with E-state index >= 15 is 0 Å². The highest BCUT2D eigenvalue weighted by atomic mass is 16.5. The van der Waals surface area contributed by atoms with Crippen molar-refractivity contribution in [1.29, 1.82) is 0 Å². The zero-order valence-electron chi connectivity index (χ0n) is 17.5. The molecule has 0 heterocycles. The summed E-state index contributed by atoms with van der Waals surface area (Å²) in [7, 11) is 0. The first kappa shape index (κ1) is 22.1. The molecule has 0 aliphatic rings. The molecule has 0 saturated carbocycles. The number of hydrogen-bond acceptors (Lipinski definition) is 4. The summed E-state index contributed by atoms with van der Waals surface area (Å²) in [6, 6.07) is 12.3.